The smallest absolute Gasteiger partial charge is 0.255 e. The van der Waals surface area contributed by atoms with E-state index in [1.807, 2.05) is 25.1 Å². The summed E-state index contributed by atoms with van der Waals surface area (Å²) >= 11 is 0. The maximum absolute atomic E-state index is 13.3. The van der Waals surface area contributed by atoms with Gasteiger partial charge in [-0.05, 0) is 37.8 Å². The van der Waals surface area contributed by atoms with E-state index in [0.29, 0.717) is 6.54 Å². The Morgan fingerprint density at radius 1 is 1.22 bits per heavy atom. The lowest BCUT2D eigenvalue weighted by atomic mass is 9.83. The Bertz CT molecular complexity index is 851. The molecular weight excluding hydrogens is 290 g/mol. The van der Waals surface area contributed by atoms with Crippen molar-refractivity contribution in [3.8, 4) is 0 Å². The lowest BCUT2D eigenvalue weighted by Gasteiger charge is -2.49. The predicted molar refractivity (Wildman–Crippen MR) is 85.8 cm³/mol. The molecule has 3 aliphatic rings. The summed E-state index contributed by atoms with van der Waals surface area (Å²) in [6.45, 7) is 2.78. The van der Waals surface area contributed by atoms with Crippen LogP contribution >= 0.6 is 0 Å². The zero-order valence-corrected chi connectivity index (χ0v) is 13.1. The van der Waals surface area contributed by atoms with Crippen molar-refractivity contribution in [2.45, 2.75) is 37.8 Å². The van der Waals surface area contributed by atoms with Crippen molar-refractivity contribution in [1.82, 2.24) is 14.8 Å². The molecule has 1 aromatic heterocycles. The van der Waals surface area contributed by atoms with E-state index in [1.54, 1.807) is 9.80 Å². The maximum atomic E-state index is 13.3. The van der Waals surface area contributed by atoms with Crippen molar-refractivity contribution in [2.75, 3.05) is 13.1 Å². The number of nitrogens with one attached hydrogen (secondary N) is 1. The fourth-order valence-corrected chi connectivity index (χ4v) is 4.32. The first kappa shape index (κ1) is 13.2. The number of carbonyl (C=O) groups is 2. The highest BCUT2D eigenvalue weighted by Crippen LogP contribution is 2.44. The molecule has 3 heterocycles. The molecule has 0 unspecified atom stereocenters. The zero-order chi connectivity index (χ0) is 15.8. The standard InChI is InChI=1S/C18H19N3O2/c1-18-16-13(12-4-2-3-5-14(12)19-16)8-9-21(18)15(22)10-20(17(18)23)11-6-7-11/h2-5,11,19H,6-10H2,1H3/t18-/m0/s1. The van der Waals surface area contributed by atoms with E-state index in [1.165, 1.54) is 10.9 Å². The summed E-state index contributed by atoms with van der Waals surface area (Å²) in [7, 11) is 0. The second kappa shape index (κ2) is 4.16. The number of aromatic amines is 1. The minimum atomic E-state index is -0.884. The number of piperazine rings is 1. The first-order valence-corrected chi connectivity index (χ1v) is 8.32. The highest BCUT2D eigenvalue weighted by molar-refractivity contribution is 6.01. The van der Waals surface area contributed by atoms with Crippen molar-refractivity contribution >= 4 is 22.7 Å². The number of H-pyrrole nitrogens is 1. The molecule has 2 amide bonds. The molecular formula is C18H19N3O2. The minimum Gasteiger partial charge on any atom is -0.356 e. The van der Waals surface area contributed by atoms with E-state index in [9.17, 15) is 9.59 Å². The van der Waals surface area contributed by atoms with E-state index in [-0.39, 0.29) is 24.4 Å². The maximum Gasteiger partial charge on any atom is 0.255 e. The van der Waals surface area contributed by atoms with Gasteiger partial charge in [0.25, 0.3) is 5.91 Å². The SMILES string of the molecule is C[C@]12C(=O)N(C3CC3)CC(=O)N1CCc1c2[nH]c2ccccc12. The van der Waals surface area contributed by atoms with Gasteiger partial charge >= 0.3 is 0 Å². The van der Waals surface area contributed by atoms with Crippen LogP contribution in [0.5, 0.6) is 0 Å². The Labute approximate surface area is 134 Å². The fraction of sp³-hybridized carbons (Fsp3) is 0.444. The lowest BCUT2D eigenvalue weighted by molar-refractivity contribution is -0.166. The summed E-state index contributed by atoms with van der Waals surface area (Å²) in [5.41, 5.74) is 2.26. The molecule has 5 rings (SSSR count). The van der Waals surface area contributed by atoms with Crippen LogP contribution in [-0.4, -0.2) is 45.7 Å². The van der Waals surface area contributed by atoms with Crippen LogP contribution in [0.2, 0.25) is 0 Å². The minimum absolute atomic E-state index is 0.0725. The quantitative estimate of drug-likeness (QED) is 0.873. The number of hydrogen-bond acceptors (Lipinski definition) is 2. The van der Waals surface area contributed by atoms with Crippen LogP contribution in [0.4, 0.5) is 0 Å². The molecule has 23 heavy (non-hydrogen) atoms. The molecule has 1 N–H and O–H groups in total. The molecule has 0 radical (unpaired) electrons. The Balaban J connectivity index is 1.73. The first-order chi connectivity index (χ1) is 11.1. The Hall–Kier alpha value is -2.30. The topological polar surface area (TPSA) is 56.4 Å². The van der Waals surface area contributed by atoms with Crippen molar-refractivity contribution < 1.29 is 9.59 Å². The van der Waals surface area contributed by atoms with Crippen molar-refractivity contribution in [3.63, 3.8) is 0 Å². The number of aromatic nitrogens is 1. The van der Waals surface area contributed by atoms with Gasteiger partial charge in [0.05, 0.1) is 5.69 Å². The predicted octanol–water partition coefficient (Wildman–Crippen LogP) is 1.77. The van der Waals surface area contributed by atoms with E-state index >= 15 is 0 Å². The molecule has 0 bridgehead atoms. The number of carbonyl (C=O) groups excluding carboxylic acids is 2. The summed E-state index contributed by atoms with van der Waals surface area (Å²) in [5.74, 6) is 0.149. The lowest BCUT2D eigenvalue weighted by Crippen LogP contribution is -2.67. The molecule has 5 nitrogen and oxygen atoms in total. The van der Waals surface area contributed by atoms with Crippen LogP contribution in [0.1, 0.15) is 31.0 Å². The summed E-state index contributed by atoms with van der Waals surface area (Å²) in [6, 6.07) is 8.41. The molecule has 1 saturated heterocycles. The Kier molecular flexibility index (Phi) is 2.38. The average molecular weight is 309 g/mol. The van der Waals surface area contributed by atoms with Crippen LogP contribution in [0, 0.1) is 0 Å². The van der Waals surface area contributed by atoms with E-state index in [0.717, 1.165) is 30.5 Å². The fourth-order valence-electron chi connectivity index (χ4n) is 4.32. The number of fused-ring (bicyclic) bond motifs is 5. The van der Waals surface area contributed by atoms with E-state index < -0.39 is 5.54 Å². The summed E-state index contributed by atoms with van der Waals surface area (Å²) in [6.07, 6.45) is 2.85. The molecule has 0 spiro atoms. The van der Waals surface area contributed by atoms with E-state index in [4.69, 9.17) is 0 Å². The Morgan fingerprint density at radius 2 is 2.00 bits per heavy atom. The summed E-state index contributed by atoms with van der Waals surface area (Å²) in [4.78, 5) is 33.0. The number of hydrogen-bond donors (Lipinski definition) is 1. The number of amides is 2. The second-order valence-electron chi connectivity index (χ2n) is 7.06. The zero-order valence-electron chi connectivity index (χ0n) is 13.1. The van der Waals surface area contributed by atoms with Crippen LogP contribution < -0.4 is 0 Å². The molecule has 1 saturated carbocycles. The van der Waals surface area contributed by atoms with E-state index in [2.05, 4.69) is 11.1 Å². The third kappa shape index (κ3) is 1.57. The van der Waals surface area contributed by atoms with Gasteiger partial charge in [0.1, 0.15) is 6.54 Å². The van der Waals surface area contributed by atoms with Gasteiger partial charge in [-0.1, -0.05) is 18.2 Å². The van der Waals surface area contributed by atoms with Crippen LogP contribution in [0.3, 0.4) is 0 Å². The number of para-hydroxylation sites is 1. The normalized spacial score (nSPS) is 27.3. The van der Waals surface area contributed by atoms with Gasteiger partial charge in [-0.25, -0.2) is 0 Å². The molecule has 1 aliphatic carbocycles. The van der Waals surface area contributed by atoms with Crippen LogP contribution in [-0.2, 0) is 21.5 Å². The number of benzene rings is 1. The largest absolute Gasteiger partial charge is 0.356 e. The summed E-state index contributed by atoms with van der Waals surface area (Å²) < 4.78 is 0. The molecule has 5 heteroatoms. The van der Waals surface area contributed by atoms with Gasteiger partial charge < -0.3 is 14.8 Å². The van der Waals surface area contributed by atoms with Crippen molar-refractivity contribution in [2.24, 2.45) is 0 Å². The molecule has 1 aromatic carbocycles. The molecule has 2 aromatic rings. The van der Waals surface area contributed by atoms with Gasteiger partial charge in [-0.15, -0.1) is 0 Å². The third-order valence-corrected chi connectivity index (χ3v) is 5.70. The third-order valence-electron chi connectivity index (χ3n) is 5.70. The Morgan fingerprint density at radius 3 is 2.78 bits per heavy atom. The van der Waals surface area contributed by atoms with Gasteiger partial charge in [0.15, 0.2) is 5.54 Å². The molecule has 2 aliphatic heterocycles. The van der Waals surface area contributed by atoms with Crippen molar-refractivity contribution in [3.05, 3.63) is 35.5 Å². The van der Waals surface area contributed by atoms with Crippen LogP contribution in [0.25, 0.3) is 10.9 Å². The average Bonchev–Trinajstić information content (AvgIpc) is 3.32. The summed E-state index contributed by atoms with van der Waals surface area (Å²) in [5, 5.41) is 1.17. The number of nitrogens with zero attached hydrogens (tertiary/aromatic N) is 2. The highest BCUT2D eigenvalue weighted by Gasteiger charge is 2.56. The molecule has 1 atom stereocenters. The van der Waals surface area contributed by atoms with Crippen LogP contribution in [0.15, 0.2) is 24.3 Å². The first-order valence-electron chi connectivity index (χ1n) is 8.32. The van der Waals surface area contributed by atoms with Gasteiger partial charge in [-0.2, -0.15) is 0 Å². The molecule has 118 valence electrons. The van der Waals surface area contributed by atoms with Gasteiger partial charge in [0.2, 0.25) is 5.91 Å². The number of rotatable bonds is 1. The monoisotopic (exact) mass is 309 g/mol. The highest BCUT2D eigenvalue weighted by atomic mass is 16.2. The second-order valence-corrected chi connectivity index (χ2v) is 7.06. The van der Waals surface area contributed by atoms with Crippen molar-refractivity contribution in [1.29, 1.82) is 0 Å². The van der Waals surface area contributed by atoms with Gasteiger partial charge in [-0.3, -0.25) is 9.59 Å². The van der Waals surface area contributed by atoms with Gasteiger partial charge in [0, 0.05) is 23.5 Å². The molecule has 2 fully saturated rings.